The maximum absolute atomic E-state index is 12.9. The van der Waals surface area contributed by atoms with Crippen LogP contribution in [0.15, 0.2) is 54.9 Å². The van der Waals surface area contributed by atoms with Gasteiger partial charge in [-0.3, -0.25) is 10.1 Å². The summed E-state index contributed by atoms with van der Waals surface area (Å²) in [6.45, 7) is 6.19. The van der Waals surface area contributed by atoms with Crippen molar-refractivity contribution in [1.82, 2.24) is 24.4 Å². The monoisotopic (exact) mass is 571 g/mol. The first-order valence-corrected chi connectivity index (χ1v) is 14.1. The van der Waals surface area contributed by atoms with Crippen LogP contribution in [0.3, 0.4) is 0 Å². The molecule has 2 aromatic carbocycles. The summed E-state index contributed by atoms with van der Waals surface area (Å²) in [6.07, 6.45) is 4.03. The number of ether oxygens (including phenoxy) is 1. The Hall–Kier alpha value is -4.78. The van der Waals surface area contributed by atoms with Gasteiger partial charge < -0.3 is 29.7 Å². The lowest BCUT2D eigenvalue weighted by Gasteiger charge is -2.34. The topological polar surface area (TPSA) is 144 Å². The molecule has 218 valence electrons. The maximum atomic E-state index is 12.9. The molecule has 2 aliphatic heterocycles. The van der Waals surface area contributed by atoms with Gasteiger partial charge in [0, 0.05) is 57.2 Å². The zero-order valence-electron chi connectivity index (χ0n) is 23.4. The fourth-order valence-corrected chi connectivity index (χ4v) is 5.31. The van der Waals surface area contributed by atoms with Crippen LogP contribution in [0.5, 0.6) is 0 Å². The molecule has 2 N–H and O–H groups in total. The van der Waals surface area contributed by atoms with Gasteiger partial charge in [0.15, 0.2) is 17.0 Å². The molecule has 1 unspecified atom stereocenters. The van der Waals surface area contributed by atoms with Crippen LogP contribution < -0.4 is 15.5 Å². The molecule has 2 fully saturated rings. The summed E-state index contributed by atoms with van der Waals surface area (Å²) < 4.78 is 7.85. The zero-order chi connectivity index (χ0) is 29.1. The number of hydrogen-bond acceptors (Lipinski definition) is 9. The van der Waals surface area contributed by atoms with Crippen LogP contribution in [-0.2, 0) is 11.3 Å². The van der Waals surface area contributed by atoms with E-state index >= 15 is 0 Å². The van der Waals surface area contributed by atoms with Gasteiger partial charge in [-0.25, -0.2) is 9.78 Å². The molecule has 13 heteroatoms. The number of amides is 2. The molecular weight excluding hydrogens is 538 g/mol. The van der Waals surface area contributed by atoms with E-state index in [4.69, 9.17) is 14.7 Å². The number of nitro groups is 1. The summed E-state index contributed by atoms with van der Waals surface area (Å²) in [4.78, 5) is 41.6. The Bertz CT molecular complexity index is 1580. The third-order valence-corrected chi connectivity index (χ3v) is 7.59. The zero-order valence-corrected chi connectivity index (χ0v) is 23.4. The van der Waals surface area contributed by atoms with Crippen LogP contribution in [0.2, 0.25) is 0 Å². The fourth-order valence-electron chi connectivity index (χ4n) is 5.31. The van der Waals surface area contributed by atoms with Gasteiger partial charge in [0.2, 0.25) is 5.95 Å². The molecule has 4 aromatic rings. The number of carbonyl (C=O) groups is 1. The van der Waals surface area contributed by atoms with Crippen molar-refractivity contribution in [2.75, 3.05) is 54.9 Å². The van der Waals surface area contributed by atoms with Crippen molar-refractivity contribution < 1.29 is 14.5 Å². The molecule has 42 heavy (non-hydrogen) atoms. The number of rotatable bonds is 8. The Labute approximate surface area is 242 Å². The number of nitrogens with one attached hydrogen (secondary N) is 2. The van der Waals surface area contributed by atoms with Gasteiger partial charge in [-0.2, -0.15) is 9.97 Å². The second-order valence-electron chi connectivity index (χ2n) is 10.6. The van der Waals surface area contributed by atoms with Gasteiger partial charge in [-0.15, -0.1) is 0 Å². The number of benzene rings is 2. The predicted molar refractivity (Wildman–Crippen MR) is 159 cm³/mol. The summed E-state index contributed by atoms with van der Waals surface area (Å²) in [5.74, 6) is 1.26. The quantitative estimate of drug-likeness (QED) is 0.237. The summed E-state index contributed by atoms with van der Waals surface area (Å²) >= 11 is 0. The molecular formula is C29H33N9O4. The van der Waals surface area contributed by atoms with E-state index in [1.54, 1.807) is 4.90 Å². The Balaban J connectivity index is 1.18. The number of fused-ring (bicyclic) bond motifs is 1. The van der Waals surface area contributed by atoms with E-state index in [2.05, 4.69) is 51.7 Å². The van der Waals surface area contributed by atoms with Crippen molar-refractivity contribution in [2.45, 2.75) is 32.4 Å². The van der Waals surface area contributed by atoms with Gasteiger partial charge in [0.05, 0.1) is 23.9 Å². The van der Waals surface area contributed by atoms with E-state index in [0.717, 1.165) is 30.7 Å². The van der Waals surface area contributed by atoms with Crippen molar-refractivity contribution in [3.63, 3.8) is 0 Å². The lowest BCUT2D eigenvalue weighted by atomic mass is 10.1. The summed E-state index contributed by atoms with van der Waals surface area (Å²) in [5.41, 5.74) is 4.30. The lowest BCUT2D eigenvalue weighted by molar-refractivity contribution is -0.384. The third-order valence-electron chi connectivity index (χ3n) is 7.59. The third kappa shape index (κ3) is 6.10. The standard InChI is InChI=1S/C29H33N9O4/c1-20-4-2-5-21(16-20)18-37-19-31-25-26(30-17-24-6-3-15-42-24)33-28(34-27(25)37)35-11-13-36(14-12-35)29(39)32-22-7-9-23(10-8-22)38(40)41/h2,4-5,7-10,16,19,24H,3,6,11-15,17-18H2,1H3,(H,32,39)(H,30,33,34). The van der Waals surface area contributed by atoms with Crippen LogP contribution in [0.25, 0.3) is 11.2 Å². The van der Waals surface area contributed by atoms with E-state index < -0.39 is 4.92 Å². The Morgan fingerprint density at radius 1 is 1.12 bits per heavy atom. The highest BCUT2D eigenvalue weighted by Crippen LogP contribution is 2.25. The minimum Gasteiger partial charge on any atom is -0.376 e. The van der Waals surface area contributed by atoms with Crippen LogP contribution in [0, 0.1) is 17.0 Å². The van der Waals surface area contributed by atoms with Crippen molar-refractivity contribution in [3.05, 3.63) is 76.1 Å². The number of non-ortho nitro benzene ring substituents is 1. The summed E-state index contributed by atoms with van der Waals surface area (Å²) in [5, 5.41) is 17.2. The number of anilines is 3. The molecule has 2 aliphatic rings. The largest absolute Gasteiger partial charge is 0.376 e. The Morgan fingerprint density at radius 3 is 2.64 bits per heavy atom. The number of urea groups is 1. The van der Waals surface area contributed by atoms with Crippen LogP contribution in [0.4, 0.5) is 27.9 Å². The highest BCUT2D eigenvalue weighted by molar-refractivity contribution is 5.89. The van der Waals surface area contributed by atoms with Crippen LogP contribution in [0.1, 0.15) is 24.0 Å². The fraction of sp³-hybridized carbons (Fsp3) is 0.379. The molecule has 1 atom stereocenters. The first-order chi connectivity index (χ1) is 20.4. The number of nitrogens with zero attached hydrogens (tertiary/aromatic N) is 7. The number of aryl methyl sites for hydroxylation is 1. The maximum Gasteiger partial charge on any atom is 0.321 e. The molecule has 4 heterocycles. The first kappa shape index (κ1) is 27.4. The second-order valence-corrected chi connectivity index (χ2v) is 10.6. The number of nitro benzene ring substituents is 1. The number of aromatic nitrogens is 4. The van der Waals surface area contributed by atoms with Crippen molar-refractivity contribution in [1.29, 1.82) is 0 Å². The first-order valence-electron chi connectivity index (χ1n) is 14.1. The number of carbonyl (C=O) groups excluding carboxylic acids is 1. The van der Waals surface area contributed by atoms with E-state index in [1.165, 1.54) is 29.8 Å². The van der Waals surface area contributed by atoms with Crippen LogP contribution >= 0.6 is 0 Å². The van der Waals surface area contributed by atoms with Gasteiger partial charge in [0.1, 0.15) is 0 Å². The molecule has 2 saturated heterocycles. The number of piperazine rings is 1. The van der Waals surface area contributed by atoms with Gasteiger partial charge in [0.25, 0.3) is 5.69 Å². The molecule has 6 rings (SSSR count). The second kappa shape index (κ2) is 12.0. The molecule has 2 aromatic heterocycles. The van der Waals surface area contributed by atoms with Crippen molar-refractivity contribution in [3.8, 4) is 0 Å². The van der Waals surface area contributed by atoms with Crippen molar-refractivity contribution >= 4 is 40.3 Å². The molecule has 0 bridgehead atoms. The minimum atomic E-state index is -0.469. The molecule has 0 saturated carbocycles. The normalized spacial score (nSPS) is 17.0. The number of imidazole rings is 1. The van der Waals surface area contributed by atoms with Gasteiger partial charge in [-0.05, 0) is 37.5 Å². The predicted octanol–water partition coefficient (Wildman–Crippen LogP) is 4.04. The average Bonchev–Trinajstić information content (AvgIpc) is 3.67. The molecule has 2 amide bonds. The van der Waals surface area contributed by atoms with E-state index in [1.807, 2.05) is 10.9 Å². The van der Waals surface area contributed by atoms with E-state index in [-0.39, 0.29) is 17.8 Å². The van der Waals surface area contributed by atoms with E-state index in [0.29, 0.717) is 62.2 Å². The number of hydrogen-bond donors (Lipinski definition) is 2. The highest BCUT2D eigenvalue weighted by Gasteiger charge is 2.25. The summed E-state index contributed by atoms with van der Waals surface area (Å²) in [6, 6.07) is 13.9. The smallest absolute Gasteiger partial charge is 0.321 e. The van der Waals surface area contributed by atoms with Gasteiger partial charge >= 0.3 is 6.03 Å². The SMILES string of the molecule is Cc1cccc(Cn2cnc3c(NCC4CCCO4)nc(N4CCN(C(=O)Nc5ccc([N+](=O)[O-])cc5)CC4)nc32)c1. The van der Waals surface area contributed by atoms with Gasteiger partial charge in [-0.1, -0.05) is 29.8 Å². The van der Waals surface area contributed by atoms with Crippen LogP contribution in [-0.4, -0.2) is 80.8 Å². The minimum absolute atomic E-state index is 0.0246. The molecule has 0 radical (unpaired) electrons. The highest BCUT2D eigenvalue weighted by atomic mass is 16.6. The summed E-state index contributed by atoms with van der Waals surface area (Å²) in [7, 11) is 0. The van der Waals surface area contributed by atoms with Crippen molar-refractivity contribution in [2.24, 2.45) is 0 Å². The Kier molecular flexibility index (Phi) is 7.82. The van der Waals surface area contributed by atoms with E-state index in [9.17, 15) is 14.9 Å². The molecule has 0 aliphatic carbocycles. The average molecular weight is 572 g/mol. The molecule has 0 spiro atoms. The Morgan fingerprint density at radius 2 is 1.93 bits per heavy atom. The molecule has 13 nitrogen and oxygen atoms in total. The lowest BCUT2D eigenvalue weighted by Crippen LogP contribution is -2.50.